The van der Waals surface area contributed by atoms with Crippen molar-refractivity contribution in [2.75, 3.05) is 18.4 Å². The molecule has 0 aromatic heterocycles. The van der Waals surface area contributed by atoms with Crippen LogP contribution < -0.4 is 11.1 Å². The normalized spacial score (nSPS) is 10.3. The van der Waals surface area contributed by atoms with Crippen LogP contribution in [0.25, 0.3) is 0 Å². The summed E-state index contributed by atoms with van der Waals surface area (Å²) in [5, 5.41) is 12.3. The summed E-state index contributed by atoms with van der Waals surface area (Å²) in [6, 6.07) is 22.7. The van der Waals surface area contributed by atoms with Crippen LogP contribution in [0.4, 0.5) is 5.69 Å². The van der Waals surface area contributed by atoms with Crippen molar-refractivity contribution in [2.24, 2.45) is 5.73 Å². The first-order valence-corrected chi connectivity index (χ1v) is 10.5. The quantitative estimate of drug-likeness (QED) is 0.533. The second-order valence-corrected chi connectivity index (χ2v) is 7.66. The number of nitrogens with one attached hydrogen (secondary N) is 1. The molecule has 32 heavy (non-hydrogen) atoms. The Hall–Kier alpha value is -3.66. The molecule has 0 bridgehead atoms. The minimum absolute atomic E-state index is 0.142. The standard InChI is InChI=1S/C25H23ClN4O2/c26-22-6-2-5-21(15-22)24(31)29-23-7-1-4-19(14-23)17-30(13-3-12-27)25(32)20-10-8-18(16-28)9-11-20/h1-2,4-11,14-15H,3,12-13,17,27H2,(H,29,31). The van der Waals surface area contributed by atoms with Crippen LogP contribution in [0.5, 0.6) is 0 Å². The van der Waals surface area contributed by atoms with Gasteiger partial charge in [-0.05, 0) is 73.1 Å². The molecule has 3 N–H and O–H groups in total. The highest BCUT2D eigenvalue weighted by Gasteiger charge is 2.16. The lowest BCUT2D eigenvalue weighted by Crippen LogP contribution is -2.32. The van der Waals surface area contributed by atoms with Crippen molar-refractivity contribution in [1.29, 1.82) is 5.26 Å². The number of carbonyl (C=O) groups is 2. The maximum Gasteiger partial charge on any atom is 0.255 e. The van der Waals surface area contributed by atoms with Crippen LogP contribution in [0, 0.1) is 11.3 Å². The summed E-state index contributed by atoms with van der Waals surface area (Å²) in [5.41, 5.74) is 8.62. The van der Waals surface area contributed by atoms with Gasteiger partial charge in [-0.3, -0.25) is 9.59 Å². The molecule has 7 heteroatoms. The minimum Gasteiger partial charge on any atom is -0.334 e. The Balaban J connectivity index is 1.75. The molecule has 162 valence electrons. The predicted octanol–water partition coefficient (Wildman–Crippen LogP) is 4.46. The average molecular weight is 447 g/mol. The fraction of sp³-hybridized carbons (Fsp3) is 0.160. The Bertz CT molecular complexity index is 1140. The van der Waals surface area contributed by atoms with Crippen LogP contribution in [0.15, 0.2) is 72.8 Å². The van der Waals surface area contributed by atoms with Gasteiger partial charge in [0.15, 0.2) is 0 Å². The number of benzene rings is 3. The largest absolute Gasteiger partial charge is 0.334 e. The molecule has 2 amide bonds. The first-order valence-electron chi connectivity index (χ1n) is 10.2. The maximum atomic E-state index is 13.1. The van der Waals surface area contributed by atoms with E-state index in [1.165, 1.54) is 0 Å². The van der Waals surface area contributed by atoms with Gasteiger partial charge in [-0.2, -0.15) is 5.26 Å². The van der Waals surface area contributed by atoms with Gasteiger partial charge in [0.2, 0.25) is 0 Å². The van der Waals surface area contributed by atoms with Gasteiger partial charge in [0.05, 0.1) is 11.6 Å². The summed E-state index contributed by atoms with van der Waals surface area (Å²) in [7, 11) is 0. The highest BCUT2D eigenvalue weighted by molar-refractivity contribution is 6.31. The molecule has 0 radical (unpaired) electrons. The lowest BCUT2D eigenvalue weighted by molar-refractivity contribution is 0.0742. The molecule has 0 aliphatic carbocycles. The number of hydrogen-bond donors (Lipinski definition) is 2. The molecular weight excluding hydrogens is 424 g/mol. The summed E-state index contributed by atoms with van der Waals surface area (Å²) in [6.45, 7) is 1.32. The van der Waals surface area contributed by atoms with E-state index in [2.05, 4.69) is 5.32 Å². The van der Waals surface area contributed by atoms with Crippen LogP contribution in [-0.4, -0.2) is 29.8 Å². The number of anilines is 1. The fourth-order valence-electron chi connectivity index (χ4n) is 3.21. The maximum absolute atomic E-state index is 13.1. The zero-order valence-corrected chi connectivity index (χ0v) is 18.2. The second-order valence-electron chi connectivity index (χ2n) is 7.22. The molecule has 0 atom stereocenters. The first kappa shape index (κ1) is 23.0. The predicted molar refractivity (Wildman–Crippen MR) is 125 cm³/mol. The van der Waals surface area contributed by atoms with Crippen LogP contribution in [0.1, 0.15) is 38.3 Å². The van der Waals surface area contributed by atoms with E-state index in [4.69, 9.17) is 22.6 Å². The second kappa shape index (κ2) is 11.1. The third kappa shape index (κ3) is 6.17. The van der Waals surface area contributed by atoms with Crippen LogP contribution in [-0.2, 0) is 6.54 Å². The van der Waals surface area contributed by atoms with Gasteiger partial charge in [-0.25, -0.2) is 0 Å². The highest BCUT2D eigenvalue weighted by Crippen LogP contribution is 2.17. The number of amides is 2. The van der Waals surface area contributed by atoms with Crippen molar-refractivity contribution < 1.29 is 9.59 Å². The molecule has 3 aromatic rings. The van der Waals surface area contributed by atoms with Crippen molar-refractivity contribution in [3.8, 4) is 6.07 Å². The number of nitriles is 1. The average Bonchev–Trinajstić information content (AvgIpc) is 2.81. The Kier molecular flexibility index (Phi) is 7.98. The molecule has 0 aliphatic heterocycles. The lowest BCUT2D eigenvalue weighted by Gasteiger charge is -2.23. The molecule has 0 unspecified atom stereocenters. The molecule has 0 fully saturated rings. The minimum atomic E-state index is -0.265. The zero-order chi connectivity index (χ0) is 22.9. The number of halogens is 1. The molecule has 0 aliphatic rings. The molecule has 0 spiro atoms. The third-order valence-corrected chi connectivity index (χ3v) is 5.06. The van der Waals surface area contributed by atoms with Gasteiger partial charge < -0.3 is 16.0 Å². The van der Waals surface area contributed by atoms with Crippen LogP contribution >= 0.6 is 11.6 Å². The number of carbonyl (C=O) groups excluding carboxylic acids is 2. The molecule has 0 heterocycles. The highest BCUT2D eigenvalue weighted by atomic mass is 35.5. The van der Waals surface area contributed by atoms with Crippen molar-refractivity contribution >= 4 is 29.1 Å². The smallest absolute Gasteiger partial charge is 0.255 e. The summed E-state index contributed by atoms with van der Waals surface area (Å²) >= 11 is 5.97. The van der Waals surface area contributed by atoms with Crippen molar-refractivity contribution in [3.63, 3.8) is 0 Å². The van der Waals surface area contributed by atoms with Crippen molar-refractivity contribution in [3.05, 3.63) is 100 Å². The number of rotatable bonds is 8. The SMILES string of the molecule is N#Cc1ccc(C(=O)N(CCCN)Cc2cccc(NC(=O)c3cccc(Cl)c3)c2)cc1. The van der Waals surface area contributed by atoms with Crippen LogP contribution in [0.2, 0.25) is 5.02 Å². The molecule has 3 rings (SSSR count). The van der Waals surface area contributed by atoms with Gasteiger partial charge in [0.1, 0.15) is 0 Å². The zero-order valence-electron chi connectivity index (χ0n) is 17.4. The Morgan fingerprint density at radius 2 is 1.75 bits per heavy atom. The Morgan fingerprint density at radius 3 is 2.44 bits per heavy atom. The van der Waals surface area contributed by atoms with Crippen molar-refractivity contribution in [2.45, 2.75) is 13.0 Å². The molecule has 3 aromatic carbocycles. The molecule has 6 nitrogen and oxygen atoms in total. The van der Waals surface area contributed by atoms with Gasteiger partial charge in [-0.1, -0.05) is 29.8 Å². The van der Waals surface area contributed by atoms with Crippen molar-refractivity contribution in [1.82, 2.24) is 4.90 Å². The molecule has 0 saturated carbocycles. The summed E-state index contributed by atoms with van der Waals surface area (Å²) in [5.74, 6) is -0.408. The van der Waals surface area contributed by atoms with E-state index in [9.17, 15) is 9.59 Å². The summed E-state index contributed by atoms with van der Waals surface area (Å²) in [6.07, 6.45) is 0.660. The van der Waals surface area contributed by atoms with E-state index in [1.807, 2.05) is 24.3 Å². The topological polar surface area (TPSA) is 99.2 Å². The number of nitrogens with two attached hydrogens (primary N) is 1. The van der Waals surface area contributed by atoms with E-state index in [1.54, 1.807) is 59.5 Å². The first-order chi connectivity index (χ1) is 15.5. The number of hydrogen-bond acceptors (Lipinski definition) is 4. The third-order valence-electron chi connectivity index (χ3n) is 4.83. The van der Waals surface area contributed by atoms with E-state index >= 15 is 0 Å². The summed E-state index contributed by atoms with van der Waals surface area (Å²) in [4.78, 5) is 27.3. The molecule has 0 saturated heterocycles. The van der Waals surface area contributed by atoms with E-state index < -0.39 is 0 Å². The van der Waals surface area contributed by atoms with Crippen LogP contribution in [0.3, 0.4) is 0 Å². The number of nitrogens with zero attached hydrogens (tertiary/aromatic N) is 2. The van der Waals surface area contributed by atoms with Gasteiger partial charge >= 0.3 is 0 Å². The molecular formula is C25H23ClN4O2. The van der Waals surface area contributed by atoms with E-state index in [0.717, 1.165) is 5.56 Å². The van der Waals surface area contributed by atoms with E-state index in [-0.39, 0.29) is 11.8 Å². The van der Waals surface area contributed by atoms with Gasteiger partial charge in [0.25, 0.3) is 11.8 Å². The monoisotopic (exact) mass is 446 g/mol. The Morgan fingerprint density at radius 1 is 1.00 bits per heavy atom. The summed E-state index contributed by atoms with van der Waals surface area (Å²) < 4.78 is 0. The lowest BCUT2D eigenvalue weighted by atomic mass is 10.1. The fourth-order valence-corrected chi connectivity index (χ4v) is 3.40. The van der Waals surface area contributed by atoms with Gasteiger partial charge in [-0.15, -0.1) is 0 Å². The van der Waals surface area contributed by atoms with Gasteiger partial charge in [0, 0.05) is 34.9 Å². The Labute approximate surface area is 192 Å². The van der Waals surface area contributed by atoms with E-state index in [0.29, 0.717) is 53.5 Å².